The van der Waals surface area contributed by atoms with E-state index in [1.807, 2.05) is 24.5 Å². The number of nitrogens with zero attached hydrogens (tertiary/aromatic N) is 4. The molecule has 25 heavy (non-hydrogen) atoms. The van der Waals surface area contributed by atoms with Gasteiger partial charge in [-0.3, -0.25) is 9.55 Å². The van der Waals surface area contributed by atoms with Crippen LogP contribution in [0, 0.1) is 0 Å². The fraction of sp³-hybridized carbons (Fsp3) is 0.211. The molecule has 0 spiro atoms. The third kappa shape index (κ3) is 2.72. The van der Waals surface area contributed by atoms with Crippen molar-refractivity contribution in [3.05, 3.63) is 60.6 Å². The summed E-state index contributed by atoms with van der Waals surface area (Å²) >= 11 is 1.73. The van der Waals surface area contributed by atoms with Crippen LogP contribution in [0.3, 0.4) is 0 Å². The molecule has 1 fully saturated rings. The minimum absolute atomic E-state index is 0.523. The minimum Gasteiger partial charge on any atom is -0.360 e. The van der Waals surface area contributed by atoms with Gasteiger partial charge in [0.25, 0.3) is 0 Å². The van der Waals surface area contributed by atoms with Gasteiger partial charge in [-0.05, 0) is 30.5 Å². The Morgan fingerprint density at radius 2 is 2.04 bits per heavy atom. The van der Waals surface area contributed by atoms with E-state index in [1.165, 1.54) is 23.8 Å². The van der Waals surface area contributed by atoms with Crippen molar-refractivity contribution >= 4 is 22.7 Å². The van der Waals surface area contributed by atoms with Crippen molar-refractivity contribution in [2.45, 2.75) is 29.8 Å². The molecule has 5 nitrogen and oxygen atoms in total. The Kier molecular flexibility index (Phi) is 3.56. The highest BCUT2D eigenvalue weighted by atomic mass is 32.2. The average Bonchev–Trinajstić information content (AvgIpc) is 3.27. The number of para-hydroxylation sites is 1. The van der Waals surface area contributed by atoms with E-state index in [0.29, 0.717) is 6.04 Å². The summed E-state index contributed by atoms with van der Waals surface area (Å²) in [4.78, 5) is 7.53. The molecule has 0 atom stereocenters. The molecular formula is C19H17N5S. The Bertz CT molecular complexity index is 1020. The average molecular weight is 347 g/mol. The summed E-state index contributed by atoms with van der Waals surface area (Å²) in [6.45, 7) is 0. The van der Waals surface area contributed by atoms with Gasteiger partial charge in [-0.15, -0.1) is 10.2 Å². The van der Waals surface area contributed by atoms with E-state index in [9.17, 15) is 0 Å². The lowest BCUT2D eigenvalue weighted by molar-refractivity contribution is 0.669. The Morgan fingerprint density at radius 1 is 1.12 bits per heavy atom. The fourth-order valence-corrected chi connectivity index (χ4v) is 4.05. The number of aromatic amines is 1. The highest BCUT2D eigenvalue weighted by Gasteiger charge is 2.30. The van der Waals surface area contributed by atoms with E-state index in [-0.39, 0.29) is 0 Å². The molecule has 0 amide bonds. The number of rotatable bonds is 5. The van der Waals surface area contributed by atoms with Crippen molar-refractivity contribution in [1.82, 2.24) is 24.7 Å². The minimum atomic E-state index is 0.523. The maximum absolute atomic E-state index is 4.54. The summed E-state index contributed by atoms with van der Waals surface area (Å²) < 4.78 is 2.32. The summed E-state index contributed by atoms with van der Waals surface area (Å²) in [5.41, 5.74) is 3.46. The molecule has 4 aromatic rings. The number of thioether (sulfide) groups is 1. The van der Waals surface area contributed by atoms with Gasteiger partial charge in [0.2, 0.25) is 0 Å². The largest absolute Gasteiger partial charge is 0.360 e. The molecule has 124 valence electrons. The number of fused-ring (bicyclic) bond motifs is 1. The van der Waals surface area contributed by atoms with Crippen LogP contribution in [0.15, 0.2) is 60.1 Å². The first-order valence-corrected chi connectivity index (χ1v) is 9.42. The number of aromatic nitrogens is 5. The molecule has 3 aromatic heterocycles. The highest BCUT2D eigenvalue weighted by molar-refractivity contribution is 7.98. The Balaban J connectivity index is 1.52. The zero-order valence-corrected chi connectivity index (χ0v) is 14.4. The van der Waals surface area contributed by atoms with E-state index in [0.717, 1.165) is 27.8 Å². The maximum atomic E-state index is 4.54. The first-order valence-electron chi connectivity index (χ1n) is 8.43. The first-order chi connectivity index (χ1) is 12.4. The van der Waals surface area contributed by atoms with Crippen LogP contribution in [0.1, 0.15) is 24.4 Å². The second-order valence-electron chi connectivity index (χ2n) is 6.31. The van der Waals surface area contributed by atoms with Gasteiger partial charge in [-0.2, -0.15) is 0 Å². The summed E-state index contributed by atoms with van der Waals surface area (Å²) in [6.07, 6.45) is 8.16. The summed E-state index contributed by atoms with van der Waals surface area (Å²) in [7, 11) is 0. The van der Waals surface area contributed by atoms with Crippen LogP contribution in [0.4, 0.5) is 0 Å². The van der Waals surface area contributed by atoms with Crippen molar-refractivity contribution in [2.75, 3.05) is 0 Å². The van der Waals surface area contributed by atoms with Crippen molar-refractivity contribution in [3.63, 3.8) is 0 Å². The molecule has 1 saturated carbocycles. The standard InChI is InChI=1S/C19H17N5S/c1-2-6-17-15(5-1)16(11-21-17)18-22-23-19(24(18)14-7-8-14)25-12-13-4-3-9-20-10-13/h1-6,9-11,14,21H,7-8,12H2. The zero-order chi connectivity index (χ0) is 16.6. The van der Waals surface area contributed by atoms with Crippen molar-refractivity contribution in [3.8, 4) is 11.4 Å². The maximum Gasteiger partial charge on any atom is 0.192 e. The van der Waals surface area contributed by atoms with Crippen LogP contribution in [-0.2, 0) is 5.75 Å². The molecule has 5 rings (SSSR count). The molecule has 1 aliphatic carbocycles. The fourth-order valence-electron chi connectivity index (χ4n) is 3.11. The summed E-state index contributed by atoms with van der Waals surface area (Å²) in [5, 5.41) is 11.2. The van der Waals surface area contributed by atoms with Crippen LogP contribution in [0.2, 0.25) is 0 Å². The van der Waals surface area contributed by atoms with Gasteiger partial charge in [0.05, 0.1) is 0 Å². The molecule has 0 bridgehead atoms. The van der Waals surface area contributed by atoms with Gasteiger partial charge in [0, 0.05) is 46.9 Å². The predicted octanol–water partition coefficient (Wildman–Crippen LogP) is 4.45. The molecule has 0 radical (unpaired) electrons. The van der Waals surface area contributed by atoms with Crippen molar-refractivity contribution in [1.29, 1.82) is 0 Å². The number of H-pyrrole nitrogens is 1. The predicted molar refractivity (Wildman–Crippen MR) is 99.4 cm³/mol. The Morgan fingerprint density at radius 3 is 2.88 bits per heavy atom. The molecule has 0 unspecified atom stereocenters. The van der Waals surface area contributed by atoms with Crippen LogP contribution < -0.4 is 0 Å². The van der Waals surface area contributed by atoms with Crippen LogP contribution >= 0.6 is 11.8 Å². The molecular weight excluding hydrogens is 330 g/mol. The van der Waals surface area contributed by atoms with Crippen LogP contribution in [0.25, 0.3) is 22.3 Å². The molecule has 1 aromatic carbocycles. The zero-order valence-electron chi connectivity index (χ0n) is 13.6. The van der Waals surface area contributed by atoms with E-state index in [4.69, 9.17) is 0 Å². The van der Waals surface area contributed by atoms with E-state index < -0.39 is 0 Å². The summed E-state index contributed by atoms with van der Waals surface area (Å²) in [5.74, 6) is 1.82. The lowest BCUT2D eigenvalue weighted by Gasteiger charge is -2.08. The topological polar surface area (TPSA) is 59.4 Å². The highest BCUT2D eigenvalue weighted by Crippen LogP contribution is 2.42. The van der Waals surface area contributed by atoms with Crippen LogP contribution in [-0.4, -0.2) is 24.7 Å². The summed E-state index contributed by atoms with van der Waals surface area (Å²) in [6, 6.07) is 12.9. The van der Waals surface area contributed by atoms with Gasteiger partial charge in [-0.1, -0.05) is 36.0 Å². The third-order valence-electron chi connectivity index (χ3n) is 4.50. The van der Waals surface area contributed by atoms with Crippen molar-refractivity contribution in [2.24, 2.45) is 0 Å². The van der Waals surface area contributed by atoms with Gasteiger partial charge in [-0.25, -0.2) is 0 Å². The van der Waals surface area contributed by atoms with Gasteiger partial charge in [0.1, 0.15) is 0 Å². The van der Waals surface area contributed by atoms with Crippen LogP contribution in [0.5, 0.6) is 0 Å². The van der Waals surface area contributed by atoms with E-state index in [2.05, 4.69) is 49.0 Å². The third-order valence-corrected chi connectivity index (χ3v) is 5.51. The second-order valence-corrected chi connectivity index (χ2v) is 7.25. The molecule has 1 aliphatic rings. The monoisotopic (exact) mass is 347 g/mol. The quantitative estimate of drug-likeness (QED) is 0.542. The lowest BCUT2D eigenvalue weighted by Crippen LogP contribution is -1.99. The Labute approximate surface area is 149 Å². The number of benzene rings is 1. The lowest BCUT2D eigenvalue weighted by atomic mass is 10.1. The first kappa shape index (κ1) is 14.7. The van der Waals surface area contributed by atoms with E-state index in [1.54, 1.807) is 18.0 Å². The smallest absolute Gasteiger partial charge is 0.192 e. The normalized spacial score (nSPS) is 14.2. The SMILES string of the molecule is c1cncc(CSc2nnc(-c3c[nH]c4ccccc34)n2C2CC2)c1. The van der Waals surface area contributed by atoms with Gasteiger partial charge >= 0.3 is 0 Å². The second kappa shape index (κ2) is 6.04. The molecule has 6 heteroatoms. The number of hydrogen-bond acceptors (Lipinski definition) is 4. The van der Waals surface area contributed by atoms with Gasteiger partial charge < -0.3 is 4.98 Å². The molecule has 0 saturated heterocycles. The molecule has 0 aliphatic heterocycles. The number of nitrogens with one attached hydrogen (secondary N) is 1. The molecule has 1 N–H and O–H groups in total. The number of hydrogen-bond donors (Lipinski definition) is 1. The van der Waals surface area contributed by atoms with Gasteiger partial charge in [0.15, 0.2) is 11.0 Å². The van der Waals surface area contributed by atoms with Crippen molar-refractivity contribution < 1.29 is 0 Å². The van der Waals surface area contributed by atoms with E-state index >= 15 is 0 Å². The molecule has 3 heterocycles. The Hall–Kier alpha value is -2.60. The number of pyridine rings is 1.